The molecule has 1 N–H and O–H groups in total. The van der Waals surface area contributed by atoms with E-state index in [0.717, 1.165) is 36.5 Å². The zero-order chi connectivity index (χ0) is 17.8. The van der Waals surface area contributed by atoms with E-state index in [0.29, 0.717) is 19.0 Å². The van der Waals surface area contributed by atoms with E-state index in [2.05, 4.69) is 40.6 Å². The highest BCUT2D eigenvalue weighted by molar-refractivity contribution is 5.74. The second kappa shape index (κ2) is 7.68. The van der Waals surface area contributed by atoms with Crippen LogP contribution in [0.3, 0.4) is 0 Å². The number of pyridine rings is 1. The van der Waals surface area contributed by atoms with Crippen LogP contribution in [-0.4, -0.2) is 45.1 Å². The molecule has 0 saturated carbocycles. The second-order valence-electron chi connectivity index (χ2n) is 7.16. The Bertz CT molecular complexity index is 710. The molecule has 0 aliphatic carbocycles. The van der Waals surface area contributed by atoms with Gasteiger partial charge in [-0.1, -0.05) is 13.8 Å². The lowest BCUT2D eigenvalue weighted by Gasteiger charge is -2.35. The van der Waals surface area contributed by atoms with Gasteiger partial charge in [-0.15, -0.1) is 0 Å². The van der Waals surface area contributed by atoms with Crippen molar-refractivity contribution < 1.29 is 4.79 Å². The van der Waals surface area contributed by atoms with Crippen LogP contribution in [-0.2, 0) is 0 Å². The normalized spacial score (nSPS) is 17.8. The van der Waals surface area contributed by atoms with Crippen LogP contribution in [0.1, 0.15) is 38.4 Å². The summed E-state index contributed by atoms with van der Waals surface area (Å²) in [6.07, 6.45) is 7.57. The fraction of sp³-hybridized carbons (Fsp3) is 0.526. The summed E-state index contributed by atoms with van der Waals surface area (Å²) in [7, 11) is 0. The Hall–Kier alpha value is -2.37. The van der Waals surface area contributed by atoms with Crippen LogP contribution in [0.2, 0.25) is 0 Å². The number of likely N-dealkylation sites (tertiary alicyclic amines) is 1. The molecule has 1 saturated heterocycles. The van der Waals surface area contributed by atoms with Gasteiger partial charge in [0.1, 0.15) is 5.82 Å². The molecule has 6 heteroatoms. The fourth-order valence-corrected chi connectivity index (χ4v) is 3.37. The van der Waals surface area contributed by atoms with Crippen LogP contribution in [0.4, 0.5) is 4.79 Å². The number of carbonyl (C=O) groups is 1. The van der Waals surface area contributed by atoms with Crippen molar-refractivity contribution in [2.24, 2.45) is 5.92 Å². The van der Waals surface area contributed by atoms with E-state index in [1.165, 1.54) is 0 Å². The van der Waals surface area contributed by atoms with Crippen molar-refractivity contribution in [3.05, 3.63) is 36.4 Å². The van der Waals surface area contributed by atoms with Crippen molar-refractivity contribution in [2.75, 3.05) is 19.6 Å². The minimum Gasteiger partial charge on any atom is -0.338 e. The number of nitrogens with zero attached hydrogens (tertiary/aromatic N) is 4. The molecule has 0 radical (unpaired) electrons. The molecule has 1 aliphatic rings. The molecule has 6 nitrogen and oxygen atoms in total. The molecule has 134 valence electrons. The first kappa shape index (κ1) is 17.5. The number of hydrogen-bond acceptors (Lipinski definition) is 3. The zero-order valence-corrected chi connectivity index (χ0v) is 15.3. The average Bonchev–Trinajstić information content (AvgIpc) is 3.02. The third kappa shape index (κ3) is 4.00. The van der Waals surface area contributed by atoms with Crippen LogP contribution in [0.15, 0.2) is 30.7 Å². The van der Waals surface area contributed by atoms with E-state index < -0.39 is 0 Å². The summed E-state index contributed by atoms with van der Waals surface area (Å²) in [4.78, 5) is 23.2. The maximum absolute atomic E-state index is 12.4. The molecule has 1 fully saturated rings. The molecule has 0 spiro atoms. The van der Waals surface area contributed by atoms with Crippen LogP contribution < -0.4 is 5.32 Å². The summed E-state index contributed by atoms with van der Waals surface area (Å²) >= 11 is 0. The monoisotopic (exact) mass is 341 g/mol. The van der Waals surface area contributed by atoms with Gasteiger partial charge in [0.15, 0.2) is 0 Å². The minimum absolute atomic E-state index is 0.0408. The lowest BCUT2D eigenvalue weighted by Crippen LogP contribution is -2.46. The molecule has 0 aromatic carbocycles. The number of rotatable bonds is 4. The molecular formula is C19H27N5O. The third-order valence-electron chi connectivity index (χ3n) is 4.61. The van der Waals surface area contributed by atoms with Crippen molar-refractivity contribution in [1.82, 2.24) is 24.8 Å². The smallest absolute Gasteiger partial charge is 0.317 e. The molecule has 2 aromatic heterocycles. The predicted molar refractivity (Wildman–Crippen MR) is 98.3 cm³/mol. The van der Waals surface area contributed by atoms with Gasteiger partial charge in [0.05, 0.1) is 6.04 Å². The first-order valence-electron chi connectivity index (χ1n) is 9.03. The van der Waals surface area contributed by atoms with Crippen molar-refractivity contribution in [3.63, 3.8) is 0 Å². The topological polar surface area (TPSA) is 63.1 Å². The number of aryl methyl sites for hydroxylation is 1. The number of piperidine rings is 1. The molecule has 0 bridgehead atoms. The van der Waals surface area contributed by atoms with Crippen molar-refractivity contribution in [1.29, 1.82) is 0 Å². The maximum atomic E-state index is 12.4. The Morgan fingerprint density at radius 3 is 2.96 bits per heavy atom. The standard InChI is InChI=1S/C19H27N5O/c1-14(2)10-22-19(25)23-9-5-7-17(13-23)24-15(3)11-21-18(24)16-6-4-8-20-12-16/h4,6,8,11-12,14,17H,5,7,9-10,13H2,1-3H3,(H,22,25). The van der Waals surface area contributed by atoms with E-state index in [4.69, 9.17) is 0 Å². The van der Waals surface area contributed by atoms with Crippen LogP contribution in [0.5, 0.6) is 0 Å². The number of hydrogen-bond donors (Lipinski definition) is 1. The fourth-order valence-electron chi connectivity index (χ4n) is 3.37. The van der Waals surface area contributed by atoms with Gasteiger partial charge in [0, 0.05) is 49.5 Å². The highest BCUT2D eigenvalue weighted by Crippen LogP contribution is 2.29. The second-order valence-corrected chi connectivity index (χ2v) is 7.16. The Morgan fingerprint density at radius 2 is 2.24 bits per heavy atom. The molecule has 2 aromatic rings. The number of urea groups is 1. The maximum Gasteiger partial charge on any atom is 0.317 e. The predicted octanol–water partition coefficient (Wildman–Crippen LogP) is 3.26. The third-order valence-corrected chi connectivity index (χ3v) is 4.61. The number of nitrogens with one attached hydrogen (secondary N) is 1. The lowest BCUT2D eigenvalue weighted by molar-refractivity contribution is 0.166. The molecule has 1 unspecified atom stereocenters. The van der Waals surface area contributed by atoms with E-state index in [1.807, 2.05) is 29.4 Å². The summed E-state index contributed by atoms with van der Waals surface area (Å²) in [5.41, 5.74) is 2.13. The summed E-state index contributed by atoms with van der Waals surface area (Å²) in [6, 6.07) is 4.24. The van der Waals surface area contributed by atoms with E-state index in [9.17, 15) is 4.79 Å². The highest BCUT2D eigenvalue weighted by Gasteiger charge is 2.27. The summed E-state index contributed by atoms with van der Waals surface area (Å²) in [6.45, 7) is 8.53. The first-order valence-corrected chi connectivity index (χ1v) is 9.03. The lowest BCUT2D eigenvalue weighted by atomic mass is 10.0. The van der Waals surface area contributed by atoms with Crippen LogP contribution in [0, 0.1) is 12.8 Å². The Labute approximate surface area is 149 Å². The largest absolute Gasteiger partial charge is 0.338 e. The minimum atomic E-state index is 0.0408. The molecule has 1 aliphatic heterocycles. The molecular weight excluding hydrogens is 314 g/mol. The number of amides is 2. The molecule has 25 heavy (non-hydrogen) atoms. The van der Waals surface area contributed by atoms with E-state index in [1.54, 1.807) is 6.20 Å². The first-order chi connectivity index (χ1) is 12.1. The van der Waals surface area contributed by atoms with Gasteiger partial charge in [0.25, 0.3) is 0 Å². The zero-order valence-electron chi connectivity index (χ0n) is 15.3. The quantitative estimate of drug-likeness (QED) is 0.928. The van der Waals surface area contributed by atoms with E-state index >= 15 is 0 Å². The van der Waals surface area contributed by atoms with Crippen LogP contribution in [0.25, 0.3) is 11.4 Å². The van der Waals surface area contributed by atoms with Gasteiger partial charge < -0.3 is 14.8 Å². The molecule has 3 rings (SSSR count). The van der Waals surface area contributed by atoms with E-state index in [-0.39, 0.29) is 12.1 Å². The average molecular weight is 341 g/mol. The van der Waals surface area contributed by atoms with Crippen molar-refractivity contribution >= 4 is 6.03 Å². The summed E-state index contributed by atoms with van der Waals surface area (Å²) in [5.74, 6) is 1.39. The number of carbonyl (C=O) groups excluding carboxylic acids is 1. The number of imidazole rings is 1. The van der Waals surface area contributed by atoms with Gasteiger partial charge in [-0.05, 0) is 37.8 Å². The van der Waals surface area contributed by atoms with Gasteiger partial charge in [-0.3, -0.25) is 4.98 Å². The summed E-state index contributed by atoms with van der Waals surface area (Å²) in [5, 5.41) is 3.03. The van der Waals surface area contributed by atoms with Gasteiger partial charge in [0.2, 0.25) is 0 Å². The van der Waals surface area contributed by atoms with Gasteiger partial charge in [-0.25, -0.2) is 9.78 Å². The molecule has 3 heterocycles. The Kier molecular flexibility index (Phi) is 5.36. The highest BCUT2D eigenvalue weighted by atomic mass is 16.2. The van der Waals surface area contributed by atoms with Crippen molar-refractivity contribution in [2.45, 2.75) is 39.7 Å². The van der Waals surface area contributed by atoms with Crippen molar-refractivity contribution in [3.8, 4) is 11.4 Å². The summed E-state index contributed by atoms with van der Waals surface area (Å²) < 4.78 is 2.26. The van der Waals surface area contributed by atoms with Crippen LogP contribution >= 0.6 is 0 Å². The SMILES string of the molecule is Cc1cnc(-c2cccnc2)n1C1CCCN(C(=O)NCC(C)C)C1. The number of aromatic nitrogens is 3. The Morgan fingerprint density at radius 1 is 1.40 bits per heavy atom. The molecule has 1 atom stereocenters. The Balaban J connectivity index is 1.78. The molecule has 2 amide bonds. The van der Waals surface area contributed by atoms with Gasteiger partial charge >= 0.3 is 6.03 Å². The van der Waals surface area contributed by atoms with Gasteiger partial charge in [-0.2, -0.15) is 0 Å².